The molecule has 7 atom stereocenters. The van der Waals surface area contributed by atoms with Crippen molar-refractivity contribution in [3.8, 4) is 0 Å². The van der Waals surface area contributed by atoms with Crippen LogP contribution in [0.25, 0.3) is 0 Å². The van der Waals surface area contributed by atoms with Crippen molar-refractivity contribution in [1.82, 2.24) is 0 Å². The van der Waals surface area contributed by atoms with Gasteiger partial charge in [-0.05, 0) is 50.8 Å². The van der Waals surface area contributed by atoms with Crippen LogP contribution in [-0.2, 0) is 28.6 Å². The van der Waals surface area contributed by atoms with Gasteiger partial charge in [-0.25, -0.2) is 4.79 Å². The van der Waals surface area contributed by atoms with Crippen LogP contribution in [0.1, 0.15) is 71.7 Å². The predicted molar refractivity (Wildman–Crippen MR) is 144 cm³/mol. The summed E-state index contributed by atoms with van der Waals surface area (Å²) in [6.45, 7) is 11.5. The third kappa shape index (κ3) is 6.67. The number of fused-ring (bicyclic) bond motifs is 1. The second-order valence-corrected chi connectivity index (χ2v) is 11.5. The molecule has 0 heterocycles. The van der Waals surface area contributed by atoms with Crippen molar-refractivity contribution in [3.05, 3.63) is 59.7 Å². The molecule has 2 aliphatic carbocycles. The zero-order chi connectivity index (χ0) is 29.1. The summed E-state index contributed by atoms with van der Waals surface area (Å²) in [4.78, 5) is 51.2. The number of rotatable bonds is 4. The number of allylic oxidation sites excluding steroid dienone is 1. The van der Waals surface area contributed by atoms with E-state index in [9.17, 15) is 24.3 Å². The molecule has 0 aliphatic heterocycles. The van der Waals surface area contributed by atoms with Crippen LogP contribution in [0.4, 0.5) is 0 Å². The largest absolute Gasteiger partial charge is 0.458 e. The van der Waals surface area contributed by atoms with E-state index in [1.165, 1.54) is 13.8 Å². The molecule has 0 radical (unpaired) electrons. The fourth-order valence-electron chi connectivity index (χ4n) is 5.73. The van der Waals surface area contributed by atoms with Crippen LogP contribution < -0.4 is 0 Å². The molecule has 2 aliphatic rings. The van der Waals surface area contributed by atoms with E-state index < -0.39 is 59.1 Å². The maximum absolute atomic E-state index is 13.2. The first-order chi connectivity index (χ1) is 18.2. The maximum atomic E-state index is 13.2. The van der Waals surface area contributed by atoms with E-state index in [1.807, 2.05) is 13.8 Å². The SMILES string of the molecule is CC(=O)O[C@@H]1[C@@H](C)C=CC(C)(C)C(=O)C[C@@H](O)C(C)=C[C@H]2[C@@H](OC(=O)c3ccccc3)[C@H](C)C[C@]12OC(C)=O. The zero-order valence-electron chi connectivity index (χ0n) is 23.8. The van der Waals surface area contributed by atoms with Crippen LogP contribution in [0.2, 0.25) is 0 Å². The van der Waals surface area contributed by atoms with E-state index in [1.54, 1.807) is 69.3 Å². The Morgan fingerprint density at radius 3 is 2.23 bits per heavy atom. The highest BCUT2D eigenvalue weighted by molar-refractivity contribution is 5.89. The van der Waals surface area contributed by atoms with Gasteiger partial charge in [-0.1, -0.05) is 50.3 Å². The van der Waals surface area contributed by atoms with Gasteiger partial charge in [-0.2, -0.15) is 0 Å². The number of hydrogen-bond acceptors (Lipinski definition) is 8. The van der Waals surface area contributed by atoms with Gasteiger partial charge in [0.25, 0.3) is 0 Å². The molecule has 0 amide bonds. The molecule has 1 aromatic rings. The van der Waals surface area contributed by atoms with Gasteiger partial charge < -0.3 is 19.3 Å². The summed E-state index contributed by atoms with van der Waals surface area (Å²) >= 11 is 0. The van der Waals surface area contributed by atoms with E-state index in [0.717, 1.165) is 0 Å². The van der Waals surface area contributed by atoms with Crippen LogP contribution in [0, 0.1) is 23.2 Å². The van der Waals surface area contributed by atoms with Crippen LogP contribution in [0.5, 0.6) is 0 Å². The van der Waals surface area contributed by atoms with Gasteiger partial charge in [-0.3, -0.25) is 14.4 Å². The summed E-state index contributed by atoms with van der Waals surface area (Å²) < 4.78 is 18.0. The molecule has 8 heteroatoms. The highest BCUT2D eigenvalue weighted by Crippen LogP contribution is 2.51. The quantitative estimate of drug-likeness (QED) is 0.335. The molecule has 0 saturated heterocycles. The molecule has 3 rings (SSSR count). The van der Waals surface area contributed by atoms with Gasteiger partial charge in [-0.15, -0.1) is 0 Å². The Morgan fingerprint density at radius 2 is 1.64 bits per heavy atom. The third-order valence-electron chi connectivity index (χ3n) is 7.84. The van der Waals surface area contributed by atoms with Crippen molar-refractivity contribution in [2.75, 3.05) is 0 Å². The Morgan fingerprint density at radius 1 is 1.00 bits per heavy atom. The molecule has 1 saturated carbocycles. The number of hydrogen-bond donors (Lipinski definition) is 1. The van der Waals surface area contributed by atoms with E-state index in [-0.39, 0.29) is 24.5 Å². The Hall–Kier alpha value is -3.26. The fourth-order valence-corrected chi connectivity index (χ4v) is 5.73. The van der Waals surface area contributed by atoms with Crippen LogP contribution >= 0.6 is 0 Å². The van der Waals surface area contributed by atoms with E-state index in [0.29, 0.717) is 11.1 Å². The maximum Gasteiger partial charge on any atom is 0.338 e. The first-order valence-electron chi connectivity index (χ1n) is 13.4. The van der Waals surface area contributed by atoms with Crippen molar-refractivity contribution >= 4 is 23.7 Å². The molecule has 0 aromatic heterocycles. The molecule has 0 spiro atoms. The molecule has 0 unspecified atom stereocenters. The highest BCUT2D eigenvalue weighted by Gasteiger charge is 2.62. The Balaban J connectivity index is 2.23. The molecule has 39 heavy (non-hydrogen) atoms. The lowest BCUT2D eigenvalue weighted by Gasteiger charge is -2.43. The smallest absolute Gasteiger partial charge is 0.338 e. The summed E-state index contributed by atoms with van der Waals surface area (Å²) in [6, 6.07) is 8.56. The summed E-state index contributed by atoms with van der Waals surface area (Å²) in [7, 11) is 0. The lowest BCUT2D eigenvalue weighted by atomic mass is 9.75. The lowest BCUT2D eigenvalue weighted by Crippen LogP contribution is -2.55. The molecule has 212 valence electrons. The summed E-state index contributed by atoms with van der Waals surface area (Å²) in [5.41, 5.74) is -1.46. The van der Waals surface area contributed by atoms with Crippen LogP contribution in [0.3, 0.4) is 0 Å². The summed E-state index contributed by atoms with van der Waals surface area (Å²) in [5.74, 6) is -3.40. The number of Topliss-reactive ketones (excluding diaryl/α,β-unsaturated/α-hetero) is 1. The number of ketones is 1. The molecular weight excluding hydrogens is 500 g/mol. The van der Waals surface area contributed by atoms with Crippen molar-refractivity contribution < 1.29 is 38.5 Å². The standard InChI is InChI=1S/C31H40O8/c1-18-13-14-30(6,7)26(35)16-25(34)19(2)15-24-27(38-29(36)23-11-9-8-10-12-23)20(3)17-31(24,39-22(5)33)28(18)37-21(4)32/h8-15,18,20,24-25,27-28,34H,16-17H2,1-7H3/t18-,20+,24-,25+,27-,28+,31+/m0/s1. The van der Waals surface area contributed by atoms with Crippen molar-refractivity contribution in [1.29, 1.82) is 0 Å². The predicted octanol–water partition coefficient (Wildman–Crippen LogP) is 4.60. The topological polar surface area (TPSA) is 116 Å². The van der Waals surface area contributed by atoms with Crippen molar-refractivity contribution in [3.63, 3.8) is 0 Å². The van der Waals surface area contributed by atoms with Gasteiger partial charge in [0.2, 0.25) is 0 Å². The zero-order valence-corrected chi connectivity index (χ0v) is 23.8. The number of aliphatic hydroxyl groups is 1. The number of esters is 3. The summed E-state index contributed by atoms with van der Waals surface area (Å²) in [5, 5.41) is 11.0. The average Bonchev–Trinajstić information content (AvgIpc) is 3.10. The first kappa shape index (κ1) is 30.3. The number of ether oxygens (including phenoxy) is 3. The van der Waals surface area contributed by atoms with Gasteiger partial charge in [0.05, 0.1) is 17.6 Å². The van der Waals surface area contributed by atoms with E-state index >= 15 is 0 Å². The summed E-state index contributed by atoms with van der Waals surface area (Å²) in [6.07, 6.45) is 2.53. The molecule has 0 bridgehead atoms. The van der Waals surface area contributed by atoms with Crippen LogP contribution in [-0.4, -0.2) is 52.7 Å². The van der Waals surface area contributed by atoms with Gasteiger partial charge in [0, 0.05) is 31.6 Å². The Labute approximate surface area is 230 Å². The molecule has 1 N–H and O–H groups in total. The molecule has 1 fully saturated rings. The second-order valence-electron chi connectivity index (χ2n) is 11.5. The van der Waals surface area contributed by atoms with E-state index in [4.69, 9.17) is 14.2 Å². The number of benzene rings is 1. The van der Waals surface area contributed by atoms with Gasteiger partial charge >= 0.3 is 17.9 Å². The molecule has 8 nitrogen and oxygen atoms in total. The number of aliphatic hydroxyl groups excluding tert-OH is 1. The van der Waals surface area contributed by atoms with E-state index in [2.05, 4.69) is 0 Å². The fraction of sp³-hybridized carbons (Fsp3) is 0.548. The minimum Gasteiger partial charge on any atom is -0.458 e. The van der Waals surface area contributed by atoms with Crippen molar-refractivity contribution in [2.45, 2.75) is 85.2 Å². The molecule has 1 aromatic carbocycles. The highest BCUT2D eigenvalue weighted by atomic mass is 16.6. The normalized spacial score (nSPS) is 32.6. The minimum atomic E-state index is -1.41. The monoisotopic (exact) mass is 540 g/mol. The second kappa shape index (κ2) is 11.9. The Bertz CT molecular complexity index is 1150. The third-order valence-corrected chi connectivity index (χ3v) is 7.84. The molecular formula is C31H40O8. The Kier molecular flexibility index (Phi) is 9.21. The van der Waals surface area contributed by atoms with Crippen molar-refractivity contribution in [2.24, 2.45) is 23.2 Å². The van der Waals surface area contributed by atoms with Crippen LogP contribution in [0.15, 0.2) is 54.1 Å². The average molecular weight is 541 g/mol. The number of carbonyl (C=O) groups is 4. The minimum absolute atomic E-state index is 0.112. The number of carbonyl (C=O) groups excluding carboxylic acids is 4. The van der Waals surface area contributed by atoms with Gasteiger partial charge in [0.1, 0.15) is 18.0 Å². The van der Waals surface area contributed by atoms with Gasteiger partial charge in [0.15, 0.2) is 5.60 Å². The first-order valence-corrected chi connectivity index (χ1v) is 13.4. The lowest BCUT2D eigenvalue weighted by molar-refractivity contribution is -0.195.